The first-order valence-corrected chi connectivity index (χ1v) is 8.71. The zero-order chi connectivity index (χ0) is 16.9. The molecule has 1 aliphatic rings. The minimum Gasteiger partial charge on any atom is -0.497 e. The second kappa shape index (κ2) is 7.52. The number of carbonyl (C=O) groups excluding carboxylic acids is 1. The van der Waals surface area contributed by atoms with Crippen LogP contribution in [0, 0.1) is 6.92 Å². The largest absolute Gasteiger partial charge is 0.497 e. The van der Waals surface area contributed by atoms with E-state index in [4.69, 9.17) is 4.74 Å². The summed E-state index contributed by atoms with van der Waals surface area (Å²) in [4.78, 5) is 12.1. The first-order valence-electron chi connectivity index (χ1n) is 8.71. The third kappa shape index (κ3) is 3.78. The highest BCUT2D eigenvalue weighted by Gasteiger charge is 2.13. The van der Waals surface area contributed by atoms with E-state index in [9.17, 15) is 4.79 Å². The molecule has 24 heavy (non-hydrogen) atoms. The number of rotatable bonds is 6. The minimum atomic E-state index is -0.0247. The minimum absolute atomic E-state index is 0.0247. The molecule has 0 fully saturated rings. The van der Waals surface area contributed by atoms with Crippen molar-refractivity contribution in [3.05, 3.63) is 64.2 Å². The predicted molar refractivity (Wildman–Crippen MR) is 96.9 cm³/mol. The second-order valence-corrected chi connectivity index (χ2v) is 6.49. The summed E-state index contributed by atoms with van der Waals surface area (Å²) in [5.74, 6) is 0.738. The number of amides is 1. The zero-order valence-corrected chi connectivity index (χ0v) is 14.5. The fraction of sp³-hybridized carbons (Fsp3) is 0.381. The van der Waals surface area contributed by atoms with Gasteiger partial charge in [-0.2, -0.15) is 0 Å². The third-order valence-corrected chi connectivity index (χ3v) is 4.81. The van der Waals surface area contributed by atoms with Gasteiger partial charge >= 0.3 is 0 Å². The smallest absolute Gasteiger partial charge is 0.251 e. The Hall–Kier alpha value is -2.29. The van der Waals surface area contributed by atoms with Crippen LogP contribution in [0.15, 0.2) is 36.4 Å². The van der Waals surface area contributed by atoms with Crippen molar-refractivity contribution in [2.45, 2.75) is 39.0 Å². The summed E-state index contributed by atoms with van der Waals surface area (Å²) in [7, 11) is 1.62. The summed E-state index contributed by atoms with van der Waals surface area (Å²) < 4.78 is 5.11. The molecule has 0 aliphatic heterocycles. The molecule has 3 heteroatoms. The van der Waals surface area contributed by atoms with Gasteiger partial charge < -0.3 is 10.1 Å². The number of aryl methyl sites for hydroxylation is 4. The van der Waals surface area contributed by atoms with Crippen molar-refractivity contribution >= 4 is 5.91 Å². The number of benzene rings is 2. The van der Waals surface area contributed by atoms with Crippen LogP contribution < -0.4 is 10.1 Å². The van der Waals surface area contributed by atoms with Crippen LogP contribution in [0.1, 0.15) is 45.5 Å². The molecule has 0 unspecified atom stereocenters. The van der Waals surface area contributed by atoms with Gasteiger partial charge in [0.25, 0.3) is 5.91 Å². The quantitative estimate of drug-likeness (QED) is 0.820. The van der Waals surface area contributed by atoms with Crippen molar-refractivity contribution in [2.75, 3.05) is 13.7 Å². The van der Waals surface area contributed by atoms with Crippen LogP contribution in [0.25, 0.3) is 0 Å². The molecule has 126 valence electrons. The summed E-state index contributed by atoms with van der Waals surface area (Å²) in [5.41, 5.74) is 6.54. The van der Waals surface area contributed by atoms with Gasteiger partial charge in [0.05, 0.1) is 7.11 Å². The van der Waals surface area contributed by atoms with Gasteiger partial charge in [0.2, 0.25) is 0 Å². The van der Waals surface area contributed by atoms with E-state index in [0.717, 1.165) is 18.6 Å². The molecule has 0 heterocycles. The topological polar surface area (TPSA) is 38.3 Å². The first kappa shape index (κ1) is 16.6. The van der Waals surface area contributed by atoms with E-state index >= 15 is 0 Å². The van der Waals surface area contributed by atoms with E-state index in [1.54, 1.807) is 19.2 Å². The van der Waals surface area contributed by atoms with E-state index < -0.39 is 0 Å². The summed E-state index contributed by atoms with van der Waals surface area (Å²) in [6.45, 7) is 2.89. The van der Waals surface area contributed by atoms with Crippen LogP contribution in [-0.2, 0) is 19.3 Å². The maximum absolute atomic E-state index is 12.1. The highest BCUT2D eigenvalue weighted by molar-refractivity contribution is 5.94. The van der Waals surface area contributed by atoms with Gasteiger partial charge in [-0.1, -0.05) is 12.1 Å². The van der Waals surface area contributed by atoms with Gasteiger partial charge in [0.15, 0.2) is 0 Å². The Morgan fingerprint density at radius 2 is 1.83 bits per heavy atom. The maximum Gasteiger partial charge on any atom is 0.251 e. The molecule has 0 radical (unpaired) electrons. The molecule has 0 spiro atoms. The molecule has 2 aromatic rings. The molecule has 3 rings (SSSR count). The summed E-state index contributed by atoms with van der Waals surface area (Å²) >= 11 is 0. The molecule has 1 aliphatic carbocycles. The summed E-state index contributed by atoms with van der Waals surface area (Å²) in [6.07, 6.45) is 5.71. The third-order valence-electron chi connectivity index (χ3n) is 4.81. The molecule has 0 saturated carbocycles. The van der Waals surface area contributed by atoms with Gasteiger partial charge in [0, 0.05) is 12.1 Å². The zero-order valence-electron chi connectivity index (χ0n) is 14.5. The van der Waals surface area contributed by atoms with Crippen LogP contribution in [0.4, 0.5) is 0 Å². The fourth-order valence-electron chi connectivity index (χ4n) is 3.39. The van der Waals surface area contributed by atoms with Crippen LogP contribution >= 0.6 is 0 Å². The molecule has 3 nitrogen and oxygen atoms in total. The van der Waals surface area contributed by atoms with Crippen LogP contribution in [-0.4, -0.2) is 19.6 Å². The van der Waals surface area contributed by atoms with Gasteiger partial charge in [-0.3, -0.25) is 4.79 Å². The van der Waals surface area contributed by atoms with Crippen molar-refractivity contribution in [1.82, 2.24) is 5.32 Å². The number of ether oxygens (including phenoxy) is 1. The lowest BCUT2D eigenvalue weighted by atomic mass is 9.98. The van der Waals surface area contributed by atoms with Crippen LogP contribution in [0.2, 0.25) is 0 Å². The summed E-state index contributed by atoms with van der Waals surface area (Å²) in [6, 6.07) is 11.9. The molecular weight excluding hydrogens is 298 g/mol. The fourth-order valence-corrected chi connectivity index (χ4v) is 3.39. The number of carbonyl (C=O) groups is 1. The predicted octanol–water partition coefficient (Wildman–Crippen LogP) is 3.85. The number of hydrogen-bond acceptors (Lipinski definition) is 2. The molecule has 2 aromatic carbocycles. The Balaban J connectivity index is 1.49. The van der Waals surface area contributed by atoms with Crippen molar-refractivity contribution < 1.29 is 9.53 Å². The Kier molecular flexibility index (Phi) is 5.19. The van der Waals surface area contributed by atoms with Gasteiger partial charge in [0.1, 0.15) is 5.75 Å². The lowest BCUT2D eigenvalue weighted by molar-refractivity contribution is 0.0953. The average molecular weight is 323 g/mol. The standard InChI is InChI=1S/C21H25NO2/c1-15-13-18-5-3-6-19(18)14-17(15)7-4-12-22-21(23)16-8-10-20(24-2)11-9-16/h8-11,13-14H,3-7,12H2,1-2H3,(H,22,23). The second-order valence-electron chi connectivity index (χ2n) is 6.49. The molecule has 1 N–H and O–H groups in total. The molecule has 0 saturated heterocycles. The van der Waals surface area contributed by atoms with Crippen molar-refractivity contribution in [3.63, 3.8) is 0 Å². The molecule has 0 bridgehead atoms. The van der Waals surface area contributed by atoms with Gasteiger partial charge in [-0.05, 0) is 85.5 Å². The maximum atomic E-state index is 12.1. The average Bonchev–Trinajstić information content (AvgIpc) is 3.05. The first-order chi connectivity index (χ1) is 11.7. The molecular formula is C21H25NO2. The lowest BCUT2D eigenvalue weighted by Crippen LogP contribution is -2.24. The van der Waals surface area contributed by atoms with Crippen LogP contribution in [0.3, 0.4) is 0 Å². The lowest BCUT2D eigenvalue weighted by Gasteiger charge is -2.10. The Labute approximate surface area is 144 Å². The van der Waals surface area contributed by atoms with E-state index in [2.05, 4.69) is 24.4 Å². The number of hydrogen-bond donors (Lipinski definition) is 1. The molecule has 0 aromatic heterocycles. The van der Waals surface area contributed by atoms with Crippen molar-refractivity contribution in [3.8, 4) is 5.75 Å². The highest BCUT2D eigenvalue weighted by atomic mass is 16.5. The Morgan fingerprint density at radius 1 is 1.12 bits per heavy atom. The van der Waals surface area contributed by atoms with Crippen molar-refractivity contribution in [2.24, 2.45) is 0 Å². The normalized spacial score (nSPS) is 12.8. The van der Waals surface area contributed by atoms with E-state index in [0.29, 0.717) is 12.1 Å². The number of methoxy groups -OCH3 is 1. The number of fused-ring (bicyclic) bond motifs is 1. The Morgan fingerprint density at radius 3 is 2.54 bits per heavy atom. The van der Waals surface area contributed by atoms with Crippen molar-refractivity contribution in [1.29, 1.82) is 0 Å². The monoisotopic (exact) mass is 323 g/mol. The van der Waals surface area contributed by atoms with Gasteiger partial charge in [-0.15, -0.1) is 0 Å². The van der Waals surface area contributed by atoms with E-state index in [1.165, 1.54) is 41.5 Å². The number of nitrogens with one attached hydrogen (secondary N) is 1. The van der Waals surface area contributed by atoms with Crippen LogP contribution in [0.5, 0.6) is 5.75 Å². The Bertz CT molecular complexity index is 719. The highest BCUT2D eigenvalue weighted by Crippen LogP contribution is 2.26. The van der Waals surface area contributed by atoms with E-state index in [-0.39, 0.29) is 5.91 Å². The van der Waals surface area contributed by atoms with E-state index in [1.807, 2.05) is 12.1 Å². The molecule has 1 amide bonds. The van der Waals surface area contributed by atoms with Gasteiger partial charge in [-0.25, -0.2) is 0 Å². The SMILES string of the molecule is COc1ccc(C(=O)NCCCc2cc3c(cc2C)CCC3)cc1. The summed E-state index contributed by atoms with van der Waals surface area (Å²) in [5, 5.41) is 3.00. The molecule has 0 atom stereocenters.